The van der Waals surface area contributed by atoms with E-state index in [1.807, 2.05) is 49.1 Å². The van der Waals surface area contributed by atoms with Crippen LogP contribution in [0.2, 0.25) is 0 Å². The molecular weight excluding hydrogens is 1840 g/mol. The van der Waals surface area contributed by atoms with Crippen LogP contribution >= 0.6 is 0 Å². The maximum absolute atomic E-state index is 13.9. The Morgan fingerprint density at radius 3 is 0.993 bits per heavy atom. The SMILES string of the molecule is O=c1[nH]c(CC2CCC2)nc2c1cnn2C1CCCCC1.O=c1[nH]c(CC2CCC2)nc2c1cnn2C1CCNC1.O=c1[nH]c(Cc2cccc(C(F)(F)F)c2)nc2c1cnn2C1CCCCC1.O=c1[nH]c(Cc2ccccc2)nc2c1cnn2C1CCNCC1.O=c1[nH]c(Cc2ccccc2F)nc2c1cnn2C1CCCCC1.O=c1[nH]c(Cc2ccccc2OC(F)(F)F)nc2c1cnn2C1CCNC1. The van der Waals surface area contributed by atoms with Crippen molar-refractivity contribution >= 4 is 66.2 Å². The molecule has 744 valence electrons. The Hall–Kier alpha value is -13.8. The Morgan fingerprint density at radius 1 is 0.310 bits per heavy atom. The van der Waals surface area contributed by atoms with Crippen molar-refractivity contribution in [2.24, 2.45) is 11.8 Å². The van der Waals surface area contributed by atoms with Gasteiger partial charge in [0.25, 0.3) is 33.4 Å². The fourth-order valence-electron chi connectivity index (χ4n) is 20.4. The van der Waals surface area contributed by atoms with Crippen LogP contribution in [0.5, 0.6) is 5.75 Å². The summed E-state index contributed by atoms with van der Waals surface area (Å²) < 4.78 is 106. The van der Waals surface area contributed by atoms with Crippen LogP contribution in [0.15, 0.2) is 169 Å². The largest absolute Gasteiger partial charge is 0.573 e. The van der Waals surface area contributed by atoms with Crippen LogP contribution in [0.3, 0.4) is 0 Å². The van der Waals surface area contributed by atoms with Crippen molar-refractivity contribution < 1.29 is 35.5 Å². The van der Waals surface area contributed by atoms with Gasteiger partial charge in [-0.3, -0.25) is 28.8 Å². The number of ether oxygens (including phenoxy) is 1. The van der Waals surface area contributed by atoms with Crippen LogP contribution in [0.1, 0.15) is 260 Å². The third kappa shape index (κ3) is 23.0. The number of H-pyrrole nitrogens is 6. The third-order valence-electron chi connectivity index (χ3n) is 28.4. The molecule has 5 saturated carbocycles. The number of alkyl halides is 6. The summed E-state index contributed by atoms with van der Waals surface area (Å²) in [6.45, 7) is 5.44. The first kappa shape index (κ1) is 97.0. The molecule has 2 unspecified atom stereocenters. The molecule has 16 aromatic rings. The number of fused-ring (bicyclic) bond motifs is 6. The van der Waals surface area contributed by atoms with Gasteiger partial charge in [0.15, 0.2) is 33.9 Å². The highest BCUT2D eigenvalue weighted by Gasteiger charge is 2.35. The average molecular weight is 1950 g/mol. The molecule has 2 atom stereocenters. The summed E-state index contributed by atoms with van der Waals surface area (Å²) >= 11 is 0. The molecule has 3 aliphatic heterocycles. The molecule has 0 bridgehead atoms. The number of hydrogen-bond donors (Lipinski definition) is 9. The van der Waals surface area contributed by atoms with Crippen LogP contribution in [0.25, 0.3) is 66.2 Å². The number of benzene rings is 4. The first-order valence-electron chi connectivity index (χ1n) is 49.7. The van der Waals surface area contributed by atoms with Crippen molar-refractivity contribution in [3.05, 3.63) is 271 Å². The van der Waals surface area contributed by atoms with Gasteiger partial charge in [-0.15, -0.1) is 13.2 Å². The molecule has 9 N–H and O–H groups in total. The first-order valence-corrected chi connectivity index (χ1v) is 49.7. The monoisotopic (exact) mass is 1950 g/mol. The van der Waals surface area contributed by atoms with E-state index in [2.05, 4.69) is 101 Å². The van der Waals surface area contributed by atoms with Crippen LogP contribution < -0.4 is 54.0 Å². The summed E-state index contributed by atoms with van der Waals surface area (Å²) in [7, 11) is 0. The van der Waals surface area contributed by atoms with Crippen LogP contribution in [0, 0.1) is 17.7 Å². The summed E-state index contributed by atoms with van der Waals surface area (Å²) in [6.07, 6.45) is 32.0. The second-order valence-corrected chi connectivity index (χ2v) is 38.3. The average Bonchev–Trinajstić information content (AvgIpc) is 1.65. The molecule has 34 nitrogen and oxygen atoms in total. The number of nitrogens with zero attached hydrogens (tertiary/aromatic N) is 18. The number of halogens is 7. The van der Waals surface area contributed by atoms with E-state index in [4.69, 9.17) is 9.97 Å². The molecule has 8 aliphatic rings. The maximum Gasteiger partial charge on any atom is 0.573 e. The fourth-order valence-corrected chi connectivity index (χ4v) is 20.4. The topological polar surface area (TPSA) is 427 Å². The summed E-state index contributed by atoms with van der Waals surface area (Å²) in [5.41, 5.74) is 4.33. The highest BCUT2D eigenvalue weighted by Crippen LogP contribution is 2.37. The number of piperidine rings is 1. The van der Waals surface area contributed by atoms with Gasteiger partial charge in [-0.25, -0.2) is 62.4 Å². The number of nitrogens with one attached hydrogen (secondary N) is 9. The Kier molecular flexibility index (Phi) is 29.9. The van der Waals surface area contributed by atoms with Crippen LogP contribution in [-0.2, 0) is 44.7 Å². The Bertz CT molecular complexity index is 7450. The van der Waals surface area contributed by atoms with Gasteiger partial charge in [0.1, 0.15) is 78.8 Å². The fraction of sp³-hybridized carbons (Fsp3) is 0.465. The summed E-state index contributed by atoms with van der Waals surface area (Å²) in [5, 5.41) is 39.3. The number of rotatable bonds is 19. The number of aromatic amines is 6. The number of aromatic nitrogens is 24. The van der Waals surface area contributed by atoms with E-state index in [1.165, 1.54) is 126 Å². The zero-order chi connectivity index (χ0) is 98.0. The van der Waals surface area contributed by atoms with Crippen LogP contribution in [0.4, 0.5) is 30.7 Å². The lowest BCUT2D eigenvalue weighted by molar-refractivity contribution is -0.274. The van der Waals surface area contributed by atoms with Gasteiger partial charge in [0, 0.05) is 57.2 Å². The lowest BCUT2D eigenvalue weighted by Crippen LogP contribution is -2.30. The van der Waals surface area contributed by atoms with E-state index in [9.17, 15) is 59.5 Å². The molecule has 15 heterocycles. The Morgan fingerprint density at radius 2 is 0.627 bits per heavy atom. The standard InChI is InChI=1S/C19H19F3N4O.C18H19FN4O.C17H16F3N5O2.C17H19N5O.C16H22N4O.C14H19N5O/c20-19(21,22)13-6-4-5-12(9-13)10-16-24-17-15(18(27)25-16)11-23-26(17)14-7-2-1-3-8-14;19-15-9-5-4-6-12(15)10-16-21-17-14(18(24)22-16)11-20-23(17)13-7-2-1-3-8-13;18-17(19,20)27-13-4-2-1-3-10(13)7-14-23-15-12(16(26)24-14)9-22-25(15)11-5-6-21-8-11;23-17-14-11-19-22(13-6-8-18-9-7-13)16(14)20-15(21-17)10-12-4-2-1-3-5-12;21-16-13-10-17-20(12-7-2-1-3-8-12)15(13)18-14(19-16)9-11-5-4-6-11;20-14-11-8-16-19(10-4-5-15-7-10)13(11)17-12(18-14)6-9-2-1-3-9/h4-6,9,11,14H,1-3,7-8,10H2,(H,24,25,27);4-6,9,11,13H,1-3,7-8,10H2,(H,21,22,24);1-4,9,11,21H,5-8H2,(H,23,24,26);1-5,11,13,18H,6-10H2,(H,20,21,23);10-12H,1-9H2,(H,18,19,21);8-10,15H,1-7H2,(H,17,18,20). The number of para-hydroxylation sites is 1. The summed E-state index contributed by atoms with van der Waals surface area (Å²) in [5.74, 6) is 4.19. The lowest BCUT2D eigenvalue weighted by Gasteiger charge is -2.25. The highest BCUT2D eigenvalue weighted by molar-refractivity contribution is 5.77. The predicted octanol–water partition coefficient (Wildman–Crippen LogP) is 15.3. The Labute approximate surface area is 807 Å². The first-order chi connectivity index (χ1) is 69.0. The number of hydrogen-bond acceptors (Lipinski definition) is 22. The van der Waals surface area contributed by atoms with Gasteiger partial charge in [-0.2, -0.15) is 43.8 Å². The Balaban J connectivity index is 0.000000108. The minimum absolute atomic E-state index is 0.00840. The predicted molar refractivity (Wildman–Crippen MR) is 520 cm³/mol. The third-order valence-corrected chi connectivity index (χ3v) is 28.4. The van der Waals surface area contributed by atoms with E-state index < -0.39 is 18.1 Å². The zero-order valence-electron chi connectivity index (χ0n) is 78.6. The van der Waals surface area contributed by atoms with Gasteiger partial charge in [0.2, 0.25) is 0 Å². The minimum Gasteiger partial charge on any atom is -0.405 e. The van der Waals surface area contributed by atoms with Crippen molar-refractivity contribution in [1.82, 2.24) is 134 Å². The second kappa shape index (κ2) is 43.7. The molecular formula is C101H114F7N27O7. The van der Waals surface area contributed by atoms with Crippen molar-refractivity contribution in [3.63, 3.8) is 0 Å². The van der Waals surface area contributed by atoms with E-state index in [0.29, 0.717) is 126 Å². The van der Waals surface area contributed by atoms with E-state index in [-0.39, 0.29) is 87.7 Å². The van der Waals surface area contributed by atoms with E-state index in [0.717, 1.165) is 170 Å². The summed E-state index contributed by atoms with van der Waals surface area (Å²) in [4.78, 5) is 118. The van der Waals surface area contributed by atoms with Crippen molar-refractivity contribution in [3.8, 4) is 5.75 Å². The van der Waals surface area contributed by atoms with E-state index in [1.54, 1.807) is 64.5 Å². The molecule has 3 saturated heterocycles. The smallest absolute Gasteiger partial charge is 0.405 e. The maximum atomic E-state index is 13.9. The second-order valence-electron chi connectivity index (χ2n) is 38.3. The zero-order valence-corrected chi connectivity index (χ0v) is 78.6. The quantitative estimate of drug-likeness (QED) is 0.0340. The molecule has 0 amide bonds. The van der Waals surface area contributed by atoms with Crippen molar-refractivity contribution in [2.45, 2.75) is 248 Å². The van der Waals surface area contributed by atoms with Gasteiger partial charge in [-0.05, 0) is 137 Å². The molecule has 142 heavy (non-hydrogen) atoms. The van der Waals surface area contributed by atoms with Gasteiger partial charge in [0.05, 0.1) is 79.0 Å². The van der Waals surface area contributed by atoms with E-state index >= 15 is 0 Å². The highest BCUT2D eigenvalue weighted by atomic mass is 19.4. The van der Waals surface area contributed by atoms with Gasteiger partial charge < -0.3 is 50.6 Å². The van der Waals surface area contributed by atoms with Crippen molar-refractivity contribution in [2.75, 3.05) is 39.3 Å². The molecule has 4 aromatic carbocycles. The lowest BCUT2D eigenvalue weighted by atomic mass is 9.83. The molecule has 5 aliphatic carbocycles. The molecule has 12 aromatic heterocycles. The van der Waals surface area contributed by atoms with Gasteiger partial charge >= 0.3 is 12.5 Å². The summed E-state index contributed by atoms with van der Waals surface area (Å²) in [6, 6.07) is 29.1. The molecule has 0 radical (unpaired) electrons. The van der Waals surface area contributed by atoms with Crippen LogP contribution in [-0.4, -0.2) is 164 Å². The molecule has 8 fully saturated rings. The van der Waals surface area contributed by atoms with Gasteiger partial charge in [-0.1, -0.05) is 181 Å². The molecule has 0 spiro atoms. The minimum atomic E-state index is -4.80. The molecule has 41 heteroatoms. The normalized spacial score (nSPS) is 18.0. The van der Waals surface area contributed by atoms with Crippen molar-refractivity contribution in [1.29, 1.82) is 0 Å². The molecule has 24 rings (SSSR count).